The van der Waals surface area contributed by atoms with Gasteiger partial charge in [-0.2, -0.15) is 0 Å². The van der Waals surface area contributed by atoms with Crippen molar-refractivity contribution in [1.29, 1.82) is 0 Å². The molecule has 1 aromatic rings. The van der Waals surface area contributed by atoms with E-state index in [0.29, 0.717) is 5.56 Å². The highest BCUT2D eigenvalue weighted by molar-refractivity contribution is 9.10. The Morgan fingerprint density at radius 2 is 2.27 bits per heavy atom. The fourth-order valence-electron chi connectivity index (χ4n) is 1.22. The van der Waals surface area contributed by atoms with E-state index >= 15 is 0 Å². The topological polar surface area (TPSA) is 49.3 Å². The number of aliphatic hydroxyl groups is 1. The van der Waals surface area contributed by atoms with Crippen molar-refractivity contribution < 1.29 is 9.90 Å². The molecule has 15 heavy (non-hydrogen) atoms. The van der Waals surface area contributed by atoms with Gasteiger partial charge in [-0.15, -0.1) is 0 Å². The van der Waals surface area contributed by atoms with Gasteiger partial charge in [-0.3, -0.25) is 4.79 Å². The molecule has 0 aromatic heterocycles. The van der Waals surface area contributed by atoms with Crippen LogP contribution in [-0.2, 0) is 0 Å². The van der Waals surface area contributed by atoms with Crippen LogP contribution in [-0.4, -0.2) is 23.7 Å². The smallest absolute Gasteiger partial charge is 0.251 e. The van der Waals surface area contributed by atoms with Crippen molar-refractivity contribution in [1.82, 2.24) is 5.32 Å². The molecule has 0 saturated carbocycles. The summed E-state index contributed by atoms with van der Waals surface area (Å²) in [5.74, 6) is -0.152. The number of amides is 1. The molecule has 0 unspecified atom stereocenters. The molecule has 82 valence electrons. The van der Waals surface area contributed by atoms with Crippen LogP contribution in [0.1, 0.15) is 22.8 Å². The van der Waals surface area contributed by atoms with Gasteiger partial charge in [0.15, 0.2) is 0 Å². The summed E-state index contributed by atoms with van der Waals surface area (Å²) in [6, 6.07) is 5.47. The number of aryl methyl sites for hydroxylation is 1. The molecule has 1 amide bonds. The van der Waals surface area contributed by atoms with Gasteiger partial charge in [-0.25, -0.2) is 0 Å². The number of rotatable bonds is 3. The van der Waals surface area contributed by atoms with E-state index in [4.69, 9.17) is 5.11 Å². The first-order valence-electron chi connectivity index (χ1n) is 4.73. The molecular formula is C11H14BrNO2. The number of nitrogens with one attached hydrogen (secondary N) is 1. The van der Waals surface area contributed by atoms with E-state index in [1.807, 2.05) is 19.1 Å². The summed E-state index contributed by atoms with van der Waals surface area (Å²) in [5, 5.41) is 11.7. The fraction of sp³-hybridized carbons (Fsp3) is 0.364. The average Bonchev–Trinajstić information content (AvgIpc) is 2.14. The number of benzene rings is 1. The number of halogens is 1. The average molecular weight is 272 g/mol. The quantitative estimate of drug-likeness (QED) is 0.882. The van der Waals surface area contributed by atoms with Gasteiger partial charge < -0.3 is 10.4 Å². The van der Waals surface area contributed by atoms with Gasteiger partial charge in [0.05, 0.1) is 6.10 Å². The van der Waals surface area contributed by atoms with Crippen LogP contribution in [0.5, 0.6) is 0 Å². The molecule has 0 aliphatic carbocycles. The Bertz CT molecular complexity index is 364. The SMILES string of the molecule is Cc1cc(Br)ccc1C(=O)NC[C@@H](C)O. The molecule has 0 bridgehead atoms. The van der Waals surface area contributed by atoms with Crippen LogP contribution in [0.2, 0.25) is 0 Å². The second kappa shape index (κ2) is 5.28. The van der Waals surface area contributed by atoms with Crippen molar-refractivity contribution in [2.45, 2.75) is 20.0 Å². The van der Waals surface area contributed by atoms with Crippen LogP contribution in [0.3, 0.4) is 0 Å². The molecule has 1 atom stereocenters. The summed E-state index contributed by atoms with van der Waals surface area (Å²) in [6.07, 6.45) is -0.523. The summed E-state index contributed by atoms with van der Waals surface area (Å²) in [4.78, 5) is 11.6. The molecule has 0 aliphatic rings. The zero-order chi connectivity index (χ0) is 11.4. The summed E-state index contributed by atoms with van der Waals surface area (Å²) in [6.45, 7) is 3.78. The predicted octanol–water partition coefficient (Wildman–Crippen LogP) is 1.87. The van der Waals surface area contributed by atoms with Crippen molar-refractivity contribution in [3.63, 3.8) is 0 Å². The van der Waals surface area contributed by atoms with Crippen LogP contribution in [0.15, 0.2) is 22.7 Å². The fourth-order valence-corrected chi connectivity index (χ4v) is 1.69. The molecule has 0 fully saturated rings. The van der Waals surface area contributed by atoms with Crippen LogP contribution in [0, 0.1) is 6.92 Å². The minimum atomic E-state index is -0.523. The molecule has 1 aromatic carbocycles. The monoisotopic (exact) mass is 271 g/mol. The maximum absolute atomic E-state index is 11.6. The van der Waals surface area contributed by atoms with E-state index in [0.717, 1.165) is 10.0 Å². The van der Waals surface area contributed by atoms with Gasteiger partial charge in [0.2, 0.25) is 0 Å². The van der Waals surface area contributed by atoms with Crippen molar-refractivity contribution >= 4 is 21.8 Å². The van der Waals surface area contributed by atoms with Crippen molar-refractivity contribution in [2.24, 2.45) is 0 Å². The molecule has 1 rings (SSSR count). The van der Waals surface area contributed by atoms with E-state index in [2.05, 4.69) is 21.2 Å². The Morgan fingerprint density at radius 1 is 1.60 bits per heavy atom. The van der Waals surface area contributed by atoms with Crippen LogP contribution in [0.25, 0.3) is 0 Å². The lowest BCUT2D eigenvalue weighted by Gasteiger charge is -2.09. The summed E-state index contributed by atoms with van der Waals surface area (Å²) in [5.41, 5.74) is 1.55. The number of hydrogen-bond acceptors (Lipinski definition) is 2. The lowest BCUT2D eigenvalue weighted by atomic mass is 10.1. The Morgan fingerprint density at radius 3 is 2.80 bits per heavy atom. The van der Waals surface area contributed by atoms with Gasteiger partial charge in [0.1, 0.15) is 0 Å². The maximum Gasteiger partial charge on any atom is 0.251 e. The van der Waals surface area contributed by atoms with Crippen molar-refractivity contribution in [3.05, 3.63) is 33.8 Å². The summed E-state index contributed by atoms with van der Waals surface area (Å²) in [7, 11) is 0. The summed E-state index contributed by atoms with van der Waals surface area (Å²) < 4.78 is 0.951. The minimum absolute atomic E-state index is 0.152. The highest BCUT2D eigenvalue weighted by atomic mass is 79.9. The highest BCUT2D eigenvalue weighted by Gasteiger charge is 2.09. The second-order valence-electron chi connectivity index (χ2n) is 3.52. The van der Waals surface area contributed by atoms with E-state index < -0.39 is 6.10 Å². The third-order valence-electron chi connectivity index (χ3n) is 1.99. The van der Waals surface area contributed by atoms with Gasteiger partial charge in [-0.05, 0) is 37.6 Å². The molecule has 4 heteroatoms. The molecule has 3 nitrogen and oxygen atoms in total. The van der Waals surface area contributed by atoms with Crippen LogP contribution in [0.4, 0.5) is 0 Å². The van der Waals surface area contributed by atoms with Gasteiger partial charge in [0, 0.05) is 16.6 Å². The molecular weight excluding hydrogens is 258 g/mol. The molecule has 2 N–H and O–H groups in total. The normalized spacial score (nSPS) is 12.3. The first-order chi connectivity index (χ1) is 7.00. The van der Waals surface area contributed by atoms with E-state index in [1.165, 1.54) is 0 Å². The second-order valence-corrected chi connectivity index (χ2v) is 4.43. The van der Waals surface area contributed by atoms with E-state index in [-0.39, 0.29) is 12.5 Å². The third kappa shape index (κ3) is 3.64. The predicted molar refractivity (Wildman–Crippen MR) is 62.9 cm³/mol. The van der Waals surface area contributed by atoms with Gasteiger partial charge in [-0.1, -0.05) is 15.9 Å². The highest BCUT2D eigenvalue weighted by Crippen LogP contribution is 2.15. The van der Waals surface area contributed by atoms with Gasteiger partial charge in [0.25, 0.3) is 5.91 Å². The molecule has 0 aliphatic heterocycles. The van der Waals surface area contributed by atoms with Crippen molar-refractivity contribution in [2.75, 3.05) is 6.54 Å². The largest absolute Gasteiger partial charge is 0.392 e. The Labute approximate surface area is 97.6 Å². The van der Waals surface area contributed by atoms with E-state index in [9.17, 15) is 4.79 Å². The van der Waals surface area contributed by atoms with Crippen LogP contribution < -0.4 is 5.32 Å². The van der Waals surface area contributed by atoms with Crippen LogP contribution >= 0.6 is 15.9 Å². The molecule has 0 spiro atoms. The number of carbonyl (C=O) groups excluding carboxylic acids is 1. The standard InChI is InChI=1S/C11H14BrNO2/c1-7-5-9(12)3-4-10(7)11(15)13-6-8(2)14/h3-5,8,14H,6H2,1-2H3,(H,13,15)/t8-/m1/s1. The van der Waals surface area contributed by atoms with Crippen molar-refractivity contribution in [3.8, 4) is 0 Å². The molecule has 0 heterocycles. The number of hydrogen-bond donors (Lipinski definition) is 2. The number of carbonyl (C=O) groups is 1. The zero-order valence-electron chi connectivity index (χ0n) is 8.75. The first-order valence-corrected chi connectivity index (χ1v) is 5.52. The minimum Gasteiger partial charge on any atom is -0.392 e. The first kappa shape index (κ1) is 12.2. The molecule has 0 saturated heterocycles. The third-order valence-corrected chi connectivity index (χ3v) is 2.48. The molecule has 0 radical (unpaired) electrons. The number of aliphatic hydroxyl groups excluding tert-OH is 1. The lowest BCUT2D eigenvalue weighted by Crippen LogP contribution is -2.30. The Balaban J connectivity index is 2.74. The Hall–Kier alpha value is -0.870. The zero-order valence-corrected chi connectivity index (χ0v) is 10.3. The lowest BCUT2D eigenvalue weighted by molar-refractivity contribution is 0.0923. The Kier molecular flexibility index (Phi) is 4.29. The maximum atomic E-state index is 11.6. The summed E-state index contributed by atoms with van der Waals surface area (Å²) >= 11 is 3.34. The van der Waals surface area contributed by atoms with E-state index in [1.54, 1.807) is 13.0 Å². The van der Waals surface area contributed by atoms with Gasteiger partial charge >= 0.3 is 0 Å².